The van der Waals surface area contributed by atoms with Crippen molar-refractivity contribution < 1.29 is 84.9 Å². The summed E-state index contributed by atoms with van der Waals surface area (Å²) in [6, 6.07) is 41.3. The van der Waals surface area contributed by atoms with E-state index in [0.29, 0.717) is 99.5 Å². The van der Waals surface area contributed by atoms with Crippen LogP contribution in [0.3, 0.4) is 0 Å². The Morgan fingerprint density at radius 3 is 0.937 bits per heavy atom. The number of aromatic nitrogens is 15. The van der Waals surface area contributed by atoms with Gasteiger partial charge in [-0.25, -0.2) is 47.8 Å². The number of amides is 2. The highest BCUT2D eigenvalue weighted by Gasteiger charge is 2.31. The molecule has 7 N–H and O–H groups in total. The average Bonchev–Trinajstić information content (AvgIpc) is 1.68. The van der Waals surface area contributed by atoms with E-state index >= 15 is 0 Å². The van der Waals surface area contributed by atoms with Crippen LogP contribution in [0.4, 0.5) is 84.5 Å². The molecule has 0 atom stereocenters. The van der Waals surface area contributed by atoms with Gasteiger partial charge in [-0.2, -0.15) is 51.3 Å². The number of carbonyl (C=O) groups excluding carboxylic acids is 2. The molecule has 126 heavy (non-hydrogen) atoms. The lowest BCUT2D eigenvalue weighted by Crippen LogP contribution is -2.33. The van der Waals surface area contributed by atoms with Gasteiger partial charge in [0, 0.05) is 79.9 Å². The number of sulfone groups is 3. The number of rotatable bonds is 25. The molecule has 15 rings (SSSR count). The summed E-state index contributed by atoms with van der Waals surface area (Å²) in [5.41, 5.74) is 11.6. The van der Waals surface area contributed by atoms with Crippen LogP contribution in [0.2, 0.25) is 0 Å². The Morgan fingerprint density at radius 2 is 0.659 bits per heavy atom. The lowest BCUT2D eigenvalue weighted by atomic mass is 10.1. The number of aryl methyl sites for hydroxylation is 5. The quantitative estimate of drug-likeness (QED) is 0.0261. The Bertz CT molecular complexity index is 6850. The van der Waals surface area contributed by atoms with E-state index in [1.165, 1.54) is 60.2 Å². The van der Waals surface area contributed by atoms with Crippen molar-refractivity contribution in [2.75, 3.05) is 92.5 Å². The molecule has 0 fully saturated rings. The topological polar surface area (TPSA) is 418 Å². The number of ether oxygens (including phenoxy) is 5. The van der Waals surface area contributed by atoms with Crippen molar-refractivity contribution in [3.63, 3.8) is 0 Å². The van der Waals surface area contributed by atoms with Gasteiger partial charge < -0.3 is 60.9 Å². The Labute approximate surface area is 717 Å². The van der Waals surface area contributed by atoms with E-state index < -0.39 is 60.9 Å². The monoisotopic (exact) mass is 1800 g/mol. The maximum Gasteiger partial charge on any atom is 0.422 e. The lowest BCUT2D eigenvalue weighted by Gasteiger charge is -2.14. The first-order valence-electron chi connectivity index (χ1n) is 38.1. The molecule has 0 saturated carbocycles. The third kappa shape index (κ3) is 24.7. The molecule has 2 amide bonds. The van der Waals surface area contributed by atoms with Crippen LogP contribution >= 0.6 is 0 Å². The van der Waals surface area contributed by atoms with Crippen molar-refractivity contribution in [2.45, 2.75) is 82.4 Å². The first-order chi connectivity index (χ1) is 59.6. The number of alkyl halides is 6. The zero-order valence-electron chi connectivity index (χ0n) is 69.9. The van der Waals surface area contributed by atoms with Crippen LogP contribution in [-0.4, -0.2) is 188 Å². The molecule has 0 radical (unpaired) electrons. The van der Waals surface area contributed by atoms with Crippen LogP contribution in [0, 0.1) is 34.6 Å². The van der Waals surface area contributed by atoms with E-state index in [4.69, 9.17) is 23.7 Å². The number of nitrogens with zero attached hydrogens (tertiary/aromatic N) is 15. The molecule has 5 aromatic carbocycles. The van der Waals surface area contributed by atoms with Crippen molar-refractivity contribution in [1.29, 1.82) is 0 Å². The molecular weight excluding hydrogens is 1710 g/mol. The number of anilines is 10. The number of pyridine rings is 5. The molecule has 662 valence electrons. The third-order valence-electron chi connectivity index (χ3n) is 17.7. The summed E-state index contributed by atoms with van der Waals surface area (Å²) >= 11 is 0. The van der Waals surface area contributed by atoms with Crippen LogP contribution in [-0.2, 0) is 29.5 Å². The van der Waals surface area contributed by atoms with Crippen LogP contribution in [0.15, 0.2) is 197 Å². The number of nitrogens with one attached hydrogen (secondary N) is 7. The van der Waals surface area contributed by atoms with Crippen molar-refractivity contribution in [3.05, 3.63) is 222 Å². The summed E-state index contributed by atoms with van der Waals surface area (Å²) in [4.78, 5) is 45.6. The Kier molecular flexibility index (Phi) is 28.9. The first-order valence-corrected chi connectivity index (χ1v) is 43.5. The van der Waals surface area contributed by atoms with Gasteiger partial charge in [-0.15, -0.1) is 25.5 Å². The first kappa shape index (κ1) is 92.3. The molecule has 44 heteroatoms. The van der Waals surface area contributed by atoms with Gasteiger partial charge in [0.25, 0.3) is 11.8 Å². The van der Waals surface area contributed by atoms with Gasteiger partial charge in [-0.05, 0) is 179 Å². The van der Waals surface area contributed by atoms with E-state index in [1.807, 2.05) is 133 Å². The number of fused-ring (bicyclic) bond motifs is 5. The Hall–Kier alpha value is -14.4. The molecule has 0 aliphatic heterocycles. The molecular formula is C82H86F6N22O13S3. The SMILES string of the molecule is CCOc1cc(S(=O)(=O)CC)ccc1Nc1nc2ccc(C)cn2n1.CCOc1cc(S(C)(=O)=O)ccc1Nc1nc2ccc(C)cn2n1.CNC(=O)c1ccc(Nc2nc3ccc(C)cn3n2)c(OC)c1.COc1cc(C(=O)NCC(F)(F)F)ccc1Nc1nc2ccc(C)cn2n1.Cc1ccc2nc(Nc3ccc(S(C)(=O)=O)cc3OCC(F)(F)F)nn2c1. The summed E-state index contributed by atoms with van der Waals surface area (Å²) in [5.74, 6) is 2.18. The largest absolute Gasteiger partial charge is 0.495 e. The number of methoxy groups -OCH3 is 2. The maximum atomic E-state index is 12.5. The highest BCUT2D eigenvalue weighted by molar-refractivity contribution is 7.91. The number of carbonyl (C=O) groups is 2. The van der Waals surface area contributed by atoms with E-state index in [1.54, 1.807) is 87.8 Å². The van der Waals surface area contributed by atoms with Gasteiger partial charge in [-0.3, -0.25) is 9.59 Å². The normalized spacial score (nSPS) is 11.5. The molecule has 0 saturated heterocycles. The van der Waals surface area contributed by atoms with Gasteiger partial charge in [0.2, 0.25) is 29.7 Å². The minimum Gasteiger partial charge on any atom is -0.495 e. The molecule has 35 nitrogen and oxygen atoms in total. The number of hydrogen-bond acceptors (Lipinski definition) is 28. The average molecular weight is 1800 g/mol. The summed E-state index contributed by atoms with van der Waals surface area (Å²) in [5, 5.41) is 41.0. The highest BCUT2D eigenvalue weighted by Crippen LogP contribution is 2.36. The fraction of sp³-hybridized carbons (Fsp3) is 0.244. The predicted octanol–water partition coefficient (Wildman–Crippen LogP) is 13.9. The van der Waals surface area contributed by atoms with E-state index in [9.17, 15) is 61.2 Å². The molecule has 0 aliphatic rings. The standard InChI is InChI=1S/C17H16F3N5O2.C17H20N4O3S.C16H15F3N4O3S.C16H17N5O2.C16H18N4O3S/c1-10-3-6-14-23-16(24-25(14)8-10)22-12-5-4-11(7-13(12)27-2)15(26)21-9-17(18,19)20;1-4-24-15-10-13(25(22,23)5-2)7-8-14(15)18-17-19-16-9-6-12(3)11-21(16)20-17;1-10-3-6-14-21-15(22-23(14)8-10)20-12-5-4-11(27(2,24)25)7-13(12)26-9-16(17,18)19;1-10-4-7-14-19-16(20-21(14)9-10)18-12-6-5-11(15(22)17-2)8-13(12)23-3;1-4-23-14-9-12(24(3,21)22)6-7-13(14)17-16-18-15-8-5-11(2)10-20(15)19-16/h3-8H,9H2,1-2H3,(H,21,26)(H,22,24);6-11H,4-5H2,1-3H3,(H,18,20);3-8H,9H2,1-2H3,(H,20,22);4-9H,1-3H3,(H,17,22)(H,18,20);5-10H,4H2,1-3H3,(H,17,19). The lowest BCUT2D eigenvalue weighted by molar-refractivity contribution is -0.153. The second-order valence-electron chi connectivity index (χ2n) is 27.7. The van der Waals surface area contributed by atoms with Gasteiger partial charge >= 0.3 is 12.4 Å². The van der Waals surface area contributed by atoms with Crippen LogP contribution in [0.5, 0.6) is 28.7 Å². The minimum absolute atomic E-state index is 0.0404. The van der Waals surface area contributed by atoms with Crippen molar-refractivity contribution >= 4 is 128 Å². The van der Waals surface area contributed by atoms with E-state index in [-0.39, 0.29) is 55.0 Å². The van der Waals surface area contributed by atoms with Crippen molar-refractivity contribution in [2.24, 2.45) is 0 Å². The van der Waals surface area contributed by atoms with E-state index in [0.717, 1.165) is 57.7 Å². The summed E-state index contributed by atoms with van der Waals surface area (Å²) < 4.78 is 180. The molecule has 10 aromatic heterocycles. The van der Waals surface area contributed by atoms with Crippen LogP contribution < -0.4 is 60.9 Å². The predicted molar refractivity (Wildman–Crippen MR) is 460 cm³/mol. The minimum atomic E-state index is -4.57. The van der Waals surface area contributed by atoms with Gasteiger partial charge in [0.05, 0.1) is 76.3 Å². The van der Waals surface area contributed by atoms with Crippen molar-refractivity contribution in [1.82, 2.24) is 83.6 Å². The maximum absolute atomic E-state index is 12.5. The summed E-state index contributed by atoms with van der Waals surface area (Å²) in [6.07, 6.45) is 2.29. The highest BCUT2D eigenvalue weighted by atomic mass is 32.2. The second kappa shape index (κ2) is 39.4. The van der Waals surface area contributed by atoms with E-state index in [2.05, 4.69) is 82.3 Å². The molecule has 0 bridgehead atoms. The summed E-state index contributed by atoms with van der Waals surface area (Å²) in [6.45, 7) is 12.9. The fourth-order valence-corrected chi connectivity index (χ4v) is 13.7. The van der Waals surface area contributed by atoms with Gasteiger partial charge in [0.15, 0.2) is 64.4 Å². The van der Waals surface area contributed by atoms with Crippen LogP contribution in [0.25, 0.3) is 28.2 Å². The molecule has 0 aliphatic carbocycles. The third-order valence-corrected chi connectivity index (χ3v) is 21.6. The number of benzene rings is 5. The zero-order chi connectivity index (χ0) is 91.2. The Morgan fingerprint density at radius 1 is 0.373 bits per heavy atom. The Balaban J connectivity index is 0.000000153. The molecule has 0 spiro atoms. The fourth-order valence-electron chi connectivity index (χ4n) is 11.6. The van der Waals surface area contributed by atoms with Crippen LogP contribution in [0.1, 0.15) is 69.3 Å². The number of halogens is 6. The van der Waals surface area contributed by atoms with Gasteiger partial charge in [0.1, 0.15) is 35.3 Å². The zero-order valence-corrected chi connectivity index (χ0v) is 72.3. The second-order valence-corrected chi connectivity index (χ2v) is 34.1. The summed E-state index contributed by atoms with van der Waals surface area (Å²) in [7, 11) is -5.69. The molecule has 15 aromatic rings. The van der Waals surface area contributed by atoms with Gasteiger partial charge in [-0.1, -0.05) is 37.3 Å². The molecule has 0 unspecified atom stereocenters. The molecule has 10 heterocycles. The number of hydrogen-bond donors (Lipinski definition) is 7. The van der Waals surface area contributed by atoms with Crippen molar-refractivity contribution in [3.8, 4) is 28.7 Å². The smallest absolute Gasteiger partial charge is 0.422 e.